The molecule has 4 rings (SSSR count). The molecule has 11 heteroatoms. The van der Waals surface area contributed by atoms with E-state index in [-0.39, 0.29) is 23.7 Å². The number of hydrogen-bond donors (Lipinski definition) is 3. The van der Waals surface area contributed by atoms with Crippen molar-refractivity contribution in [1.82, 2.24) is 14.8 Å². The summed E-state index contributed by atoms with van der Waals surface area (Å²) < 4.78 is 41.6. The number of piperazine rings is 1. The minimum absolute atomic E-state index is 0.0516. The van der Waals surface area contributed by atoms with Gasteiger partial charge in [0.05, 0.1) is 5.56 Å². The third-order valence-corrected chi connectivity index (χ3v) is 6.66. The normalized spacial score (nSPS) is 14.4. The molecule has 0 saturated carbocycles. The van der Waals surface area contributed by atoms with Crippen LogP contribution in [-0.4, -0.2) is 59.4 Å². The first kappa shape index (κ1) is 28.8. The van der Waals surface area contributed by atoms with Gasteiger partial charge < -0.3 is 20.9 Å². The van der Waals surface area contributed by atoms with Gasteiger partial charge in [0.15, 0.2) is 0 Å². The van der Waals surface area contributed by atoms with Crippen molar-refractivity contribution in [2.24, 2.45) is 0 Å². The van der Waals surface area contributed by atoms with Crippen molar-refractivity contribution in [2.45, 2.75) is 19.6 Å². The van der Waals surface area contributed by atoms with Crippen molar-refractivity contribution >= 4 is 29.1 Å². The summed E-state index contributed by atoms with van der Waals surface area (Å²) >= 11 is 0. The topological polar surface area (TPSA) is 89.6 Å². The van der Waals surface area contributed by atoms with Crippen LogP contribution in [-0.2, 0) is 17.5 Å². The van der Waals surface area contributed by atoms with Gasteiger partial charge in [-0.05, 0) is 60.1 Å². The van der Waals surface area contributed by atoms with E-state index in [1.54, 1.807) is 42.6 Å². The van der Waals surface area contributed by atoms with Crippen LogP contribution < -0.4 is 16.0 Å². The summed E-state index contributed by atoms with van der Waals surface area (Å²) in [5.41, 5.74) is 1.56. The van der Waals surface area contributed by atoms with Crippen molar-refractivity contribution in [3.63, 3.8) is 0 Å². The smallest absolute Gasteiger partial charge is 0.308 e. The molecule has 3 aromatic rings. The van der Waals surface area contributed by atoms with Gasteiger partial charge in [0, 0.05) is 55.9 Å². The van der Waals surface area contributed by atoms with Gasteiger partial charge in [-0.25, -0.2) is 9.78 Å². The molecule has 0 atom stereocenters. The van der Waals surface area contributed by atoms with Crippen LogP contribution in [0, 0.1) is 0 Å². The number of anilines is 3. The lowest BCUT2D eigenvalue weighted by Gasteiger charge is -2.34. The molecule has 0 bridgehead atoms. The second kappa shape index (κ2) is 12.8. The van der Waals surface area contributed by atoms with Crippen LogP contribution in [0.2, 0.25) is 0 Å². The van der Waals surface area contributed by atoms with E-state index in [0.29, 0.717) is 24.6 Å². The number of rotatable bonds is 8. The molecule has 210 valence electrons. The lowest BCUT2D eigenvalue weighted by Crippen LogP contribution is -2.45. The van der Waals surface area contributed by atoms with Crippen LogP contribution in [0.3, 0.4) is 0 Å². The molecule has 40 heavy (non-hydrogen) atoms. The van der Waals surface area contributed by atoms with Crippen LogP contribution in [0.5, 0.6) is 0 Å². The Morgan fingerprint density at radius 1 is 0.900 bits per heavy atom. The fourth-order valence-electron chi connectivity index (χ4n) is 4.42. The number of pyridine rings is 1. The minimum Gasteiger partial charge on any atom is -0.308 e. The van der Waals surface area contributed by atoms with Gasteiger partial charge in [-0.3, -0.25) is 9.69 Å². The average molecular weight is 553 g/mol. The van der Waals surface area contributed by atoms with E-state index in [1.807, 2.05) is 4.90 Å². The number of urea groups is 1. The van der Waals surface area contributed by atoms with E-state index in [1.165, 1.54) is 12.1 Å². The molecule has 0 spiro atoms. The van der Waals surface area contributed by atoms with Crippen LogP contribution in [0.15, 0.2) is 73.4 Å². The monoisotopic (exact) mass is 552 g/mol. The third kappa shape index (κ3) is 7.67. The van der Waals surface area contributed by atoms with Crippen molar-refractivity contribution in [3.05, 3.63) is 84.6 Å². The van der Waals surface area contributed by atoms with Gasteiger partial charge in [-0.2, -0.15) is 13.2 Å². The molecule has 1 aliphatic rings. The van der Waals surface area contributed by atoms with Crippen molar-refractivity contribution in [3.8, 4) is 11.1 Å². The Balaban J connectivity index is 1.37. The minimum atomic E-state index is -4.55. The highest BCUT2D eigenvalue weighted by molar-refractivity contribution is 6.00. The first-order chi connectivity index (χ1) is 19.1. The molecular formula is C29H31F3N6O2. The van der Waals surface area contributed by atoms with Crippen molar-refractivity contribution in [2.75, 3.05) is 48.7 Å². The van der Waals surface area contributed by atoms with Crippen LogP contribution >= 0.6 is 0 Å². The molecule has 0 unspecified atom stereocenters. The Labute approximate surface area is 230 Å². The molecule has 8 nitrogen and oxygen atoms in total. The number of aromatic nitrogens is 1. The highest BCUT2D eigenvalue weighted by Crippen LogP contribution is 2.34. The fraction of sp³-hybridized carbons (Fsp3) is 0.276. The fourth-order valence-corrected chi connectivity index (χ4v) is 4.42. The maximum Gasteiger partial charge on any atom is 0.416 e. The van der Waals surface area contributed by atoms with Gasteiger partial charge in [-0.1, -0.05) is 31.7 Å². The standard InChI is InChI=1S/C29H31F3N6O2/c1-3-27(39)36-26-12-8-21(18-33-26)20-5-9-23(10-6-20)34-28(40)35-24-11-7-22(25(17-24)29(30,31)32)19-38-15-13-37(4-2)14-16-38/h3,5-12,17-18H,1,4,13-16,19H2,2H3,(H,33,36,39)(H2,34,35,40). The molecule has 2 heterocycles. The molecule has 3 amide bonds. The molecule has 0 radical (unpaired) electrons. The average Bonchev–Trinajstić information content (AvgIpc) is 2.94. The number of hydrogen-bond acceptors (Lipinski definition) is 5. The zero-order valence-corrected chi connectivity index (χ0v) is 22.1. The Kier molecular flexibility index (Phi) is 9.18. The summed E-state index contributed by atoms with van der Waals surface area (Å²) in [4.78, 5) is 32.4. The highest BCUT2D eigenvalue weighted by Gasteiger charge is 2.34. The molecule has 0 aliphatic carbocycles. The lowest BCUT2D eigenvalue weighted by molar-refractivity contribution is -0.138. The van der Waals surface area contributed by atoms with E-state index in [0.717, 1.165) is 42.9 Å². The van der Waals surface area contributed by atoms with Gasteiger partial charge in [-0.15, -0.1) is 0 Å². The number of benzene rings is 2. The summed E-state index contributed by atoms with van der Waals surface area (Å²) in [6.07, 6.45) is -1.80. The van der Waals surface area contributed by atoms with Crippen LogP contribution in [0.1, 0.15) is 18.1 Å². The van der Waals surface area contributed by atoms with Gasteiger partial charge in [0.25, 0.3) is 0 Å². The molecule has 3 N–H and O–H groups in total. The molecule has 1 fully saturated rings. The molecule has 1 aliphatic heterocycles. The molecular weight excluding hydrogens is 521 g/mol. The first-order valence-corrected chi connectivity index (χ1v) is 12.9. The summed E-state index contributed by atoms with van der Waals surface area (Å²) in [6.45, 7) is 9.68. The predicted octanol–water partition coefficient (Wildman–Crippen LogP) is 5.67. The first-order valence-electron chi connectivity index (χ1n) is 12.9. The number of halogens is 3. The lowest BCUT2D eigenvalue weighted by atomic mass is 10.0. The predicted molar refractivity (Wildman–Crippen MR) is 150 cm³/mol. The SMILES string of the molecule is C=CC(=O)Nc1ccc(-c2ccc(NC(=O)Nc3ccc(CN4CCN(CC)CC4)c(C(F)(F)F)c3)cc2)cn1. The quantitative estimate of drug-likeness (QED) is 0.313. The van der Waals surface area contributed by atoms with Gasteiger partial charge >= 0.3 is 12.2 Å². The summed E-state index contributed by atoms with van der Waals surface area (Å²) in [7, 11) is 0. The Morgan fingerprint density at radius 3 is 2.12 bits per heavy atom. The number of nitrogens with zero attached hydrogens (tertiary/aromatic N) is 3. The Morgan fingerprint density at radius 2 is 1.52 bits per heavy atom. The zero-order chi connectivity index (χ0) is 28.7. The number of nitrogens with one attached hydrogen (secondary N) is 3. The molecule has 1 aromatic heterocycles. The van der Waals surface area contributed by atoms with Crippen LogP contribution in [0.25, 0.3) is 11.1 Å². The summed E-state index contributed by atoms with van der Waals surface area (Å²) in [5.74, 6) is 0.0284. The Hall–Kier alpha value is -4.22. The second-order valence-corrected chi connectivity index (χ2v) is 9.36. The van der Waals surface area contributed by atoms with E-state index < -0.39 is 17.8 Å². The summed E-state index contributed by atoms with van der Waals surface area (Å²) in [6, 6.07) is 13.6. The molecule has 2 aromatic carbocycles. The Bertz CT molecular complexity index is 1340. The van der Waals surface area contributed by atoms with E-state index in [2.05, 4.69) is 39.3 Å². The largest absolute Gasteiger partial charge is 0.416 e. The zero-order valence-electron chi connectivity index (χ0n) is 22.1. The second-order valence-electron chi connectivity index (χ2n) is 9.36. The van der Waals surface area contributed by atoms with Crippen molar-refractivity contribution < 1.29 is 22.8 Å². The number of carbonyl (C=O) groups is 2. The number of alkyl halides is 3. The number of amides is 3. The highest BCUT2D eigenvalue weighted by atomic mass is 19.4. The van der Waals surface area contributed by atoms with Crippen molar-refractivity contribution in [1.29, 1.82) is 0 Å². The van der Waals surface area contributed by atoms with E-state index >= 15 is 0 Å². The number of carbonyl (C=O) groups excluding carboxylic acids is 2. The maximum atomic E-state index is 13.9. The maximum absolute atomic E-state index is 13.9. The summed E-state index contributed by atoms with van der Waals surface area (Å²) in [5, 5.41) is 7.70. The van der Waals surface area contributed by atoms with Gasteiger partial charge in [0.2, 0.25) is 5.91 Å². The molecule has 1 saturated heterocycles. The van der Waals surface area contributed by atoms with E-state index in [4.69, 9.17) is 0 Å². The van der Waals surface area contributed by atoms with E-state index in [9.17, 15) is 22.8 Å². The number of likely N-dealkylation sites (N-methyl/N-ethyl adjacent to an activating group) is 1. The van der Waals surface area contributed by atoms with Crippen LogP contribution in [0.4, 0.5) is 35.2 Å². The third-order valence-electron chi connectivity index (χ3n) is 6.66. The van der Waals surface area contributed by atoms with Gasteiger partial charge in [0.1, 0.15) is 5.82 Å².